The van der Waals surface area contributed by atoms with E-state index in [2.05, 4.69) is 38.2 Å². The smallest absolute Gasteiger partial charge is 0.379 e. The normalized spacial score (nSPS) is 12.9. The van der Waals surface area contributed by atoms with Gasteiger partial charge in [0.2, 0.25) is 0 Å². The zero-order valence-electron chi connectivity index (χ0n) is 36.1. The molecule has 0 rings (SSSR count). The van der Waals surface area contributed by atoms with Gasteiger partial charge in [0.05, 0.1) is 13.2 Å². The number of allylic oxidation sites excluding steroid dienone is 4. The molecule has 0 aliphatic heterocycles. The van der Waals surface area contributed by atoms with Crippen LogP contribution in [0.15, 0.2) is 24.3 Å². The van der Waals surface area contributed by atoms with Gasteiger partial charge < -0.3 is 19.3 Å². The van der Waals surface area contributed by atoms with Crippen molar-refractivity contribution in [1.29, 1.82) is 0 Å². The molecule has 0 aliphatic carbocycles. The highest BCUT2D eigenvalue weighted by Crippen LogP contribution is 2.36. The average Bonchev–Trinajstić information content (AvgIpc) is 3.15. The molecule has 0 heterocycles. The molecule has 2 N–H and O–H groups in total. The van der Waals surface area contributed by atoms with Crippen molar-refractivity contribution in [2.45, 2.75) is 251 Å². The average molecular weight is 785 g/mol. The van der Waals surface area contributed by atoms with Gasteiger partial charge in [0.1, 0.15) is 6.10 Å². The van der Waals surface area contributed by atoms with E-state index < -0.39 is 13.9 Å². The minimum Gasteiger partial charge on any atom is -0.379 e. The number of hydrogen-bond donors (Lipinski definition) is 2. The molecule has 0 aliphatic rings. The van der Waals surface area contributed by atoms with Gasteiger partial charge in [0, 0.05) is 13.2 Å². The van der Waals surface area contributed by atoms with Gasteiger partial charge in [-0.05, 0) is 64.2 Å². The van der Waals surface area contributed by atoms with Crippen molar-refractivity contribution in [3.63, 3.8) is 0 Å². The third kappa shape index (κ3) is 47.7. The topological polar surface area (TPSA) is 85.2 Å². The van der Waals surface area contributed by atoms with Crippen molar-refractivity contribution >= 4 is 7.82 Å². The number of phosphoric ester groups is 1. The highest BCUT2D eigenvalue weighted by atomic mass is 31.2. The zero-order chi connectivity index (χ0) is 39.3. The van der Waals surface area contributed by atoms with Crippen molar-refractivity contribution in [2.24, 2.45) is 0 Å². The summed E-state index contributed by atoms with van der Waals surface area (Å²) in [5.74, 6) is 0. The van der Waals surface area contributed by atoms with Gasteiger partial charge in [0.25, 0.3) is 0 Å². The standard InChI is InChI=1S/C47H93O6P/c1-3-5-7-9-11-13-15-17-19-21-23-25-27-29-31-33-35-37-39-41-43-51-45-47(46-53-54(48,49)50)52-44-42-40-38-36-34-32-30-28-26-24-22-20-18-16-14-12-10-8-6-4-2/h17-20,47H,3-16,21-46H2,1-2H3,(H2,48,49,50)/b19-17-,20-18-/t47-/m1/s1. The van der Waals surface area contributed by atoms with E-state index in [9.17, 15) is 4.57 Å². The fourth-order valence-electron chi connectivity index (χ4n) is 7.00. The Morgan fingerprint density at radius 3 is 1.04 bits per heavy atom. The second kappa shape index (κ2) is 45.2. The highest BCUT2D eigenvalue weighted by molar-refractivity contribution is 7.46. The summed E-state index contributed by atoms with van der Waals surface area (Å²) in [5.41, 5.74) is 0. The summed E-state index contributed by atoms with van der Waals surface area (Å²) in [7, 11) is -4.52. The first-order chi connectivity index (χ1) is 26.5. The summed E-state index contributed by atoms with van der Waals surface area (Å²) in [6.07, 6.45) is 56.2. The summed E-state index contributed by atoms with van der Waals surface area (Å²) in [4.78, 5) is 18.3. The first-order valence-electron chi connectivity index (χ1n) is 23.7. The monoisotopic (exact) mass is 785 g/mol. The fourth-order valence-corrected chi connectivity index (χ4v) is 7.37. The summed E-state index contributed by atoms with van der Waals surface area (Å²) >= 11 is 0. The lowest BCUT2D eigenvalue weighted by Gasteiger charge is -2.18. The number of hydrogen-bond acceptors (Lipinski definition) is 4. The Bertz CT molecular complexity index is 812. The van der Waals surface area contributed by atoms with Gasteiger partial charge in [-0.15, -0.1) is 0 Å². The van der Waals surface area contributed by atoms with Crippen molar-refractivity contribution < 1.29 is 28.3 Å². The van der Waals surface area contributed by atoms with E-state index in [1.807, 2.05) is 0 Å². The molecule has 0 fully saturated rings. The Balaban J connectivity index is 3.62. The summed E-state index contributed by atoms with van der Waals surface area (Å²) < 4.78 is 27.7. The Morgan fingerprint density at radius 1 is 0.407 bits per heavy atom. The Labute approximate surface area is 337 Å². The molecule has 0 spiro atoms. The van der Waals surface area contributed by atoms with E-state index in [-0.39, 0.29) is 6.61 Å². The third-order valence-electron chi connectivity index (χ3n) is 10.5. The van der Waals surface area contributed by atoms with Gasteiger partial charge >= 0.3 is 7.82 Å². The van der Waals surface area contributed by atoms with Crippen LogP contribution in [0, 0.1) is 0 Å². The van der Waals surface area contributed by atoms with Crippen molar-refractivity contribution in [2.75, 3.05) is 26.4 Å². The van der Waals surface area contributed by atoms with Crippen LogP contribution in [0.1, 0.15) is 245 Å². The van der Waals surface area contributed by atoms with Gasteiger partial charge in [-0.3, -0.25) is 4.52 Å². The zero-order valence-corrected chi connectivity index (χ0v) is 37.0. The largest absolute Gasteiger partial charge is 0.469 e. The first kappa shape index (κ1) is 53.5. The lowest BCUT2D eigenvalue weighted by molar-refractivity contribution is -0.0429. The molecule has 0 bridgehead atoms. The molecule has 0 radical (unpaired) electrons. The minimum absolute atomic E-state index is 0.143. The Kier molecular flexibility index (Phi) is 44.8. The predicted octanol–water partition coefficient (Wildman–Crippen LogP) is 15.7. The van der Waals surface area contributed by atoms with Gasteiger partial charge in [-0.25, -0.2) is 4.57 Å². The first-order valence-corrected chi connectivity index (χ1v) is 25.2. The van der Waals surface area contributed by atoms with Crippen LogP contribution in [0.25, 0.3) is 0 Å². The van der Waals surface area contributed by atoms with Crippen LogP contribution in [0.3, 0.4) is 0 Å². The van der Waals surface area contributed by atoms with Crippen LogP contribution >= 0.6 is 7.82 Å². The minimum atomic E-state index is -4.52. The van der Waals surface area contributed by atoms with Crippen LogP contribution in [-0.2, 0) is 18.6 Å². The van der Waals surface area contributed by atoms with Crippen molar-refractivity contribution in [1.82, 2.24) is 0 Å². The quantitative estimate of drug-likeness (QED) is 0.0363. The molecule has 0 aromatic rings. The second-order valence-electron chi connectivity index (χ2n) is 16.1. The third-order valence-corrected chi connectivity index (χ3v) is 11.0. The van der Waals surface area contributed by atoms with Crippen molar-refractivity contribution in [3.8, 4) is 0 Å². The number of unbranched alkanes of at least 4 members (excludes halogenated alkanes) is 32. The van der Waals surface area contributed by atoms with E-state index in [1.165, 1.54) is 205 Å². The molecule has 0 unspecified atom stereocenters. The maximum absolute atomic E-state index is 11.2. The Hall–Kier alpha value is -0.490. The molecule has 0 amide bonds. The molecule has 322 valence electrons. The lowest BCUT2D eigenvalue weighted by atomic mass is 10.1. The fraction of sp³-hybridized carbons (Fsp3) is 0.915. The molecular weight excluding hydrogens is 691 g/mol. The van der Waals surface area contributed by atoms with Crippen LogP contribution in [0.2, 0.25) is 0 Å². The summed E-state index contributed by atoms with van der Waals surface area (Å²) in [5, 5.41) is 0. The second-order valence-corrected chi connectivity index (χ2v) is 17.3. The molecular formula is C47H93O6P. The van der Waals surface area contributed by atoms with Crippen LogP contribution in [0.5, 0.6) is 0 Å². The SMILES string of the molecule is CCCCCCCC/C=C\CCCCCCCCCCCCOC[C@H](COP(=O)(O)O)OCCCCCCCCCCCC/C=C\CCCCCCCC. The Morgan fingerprint density at radius 2 is 0.704 bits per heavy atom. The molecule has 0 saturated heterocycles. The van der Waals surface area contributed by atoms with E-state index in [1.54, 1.807) is 0 Å². The summed E-state index contributed by atoms with van der Waals surface area (Å²) in [6, 6.07) is 0. The molecule has 0 aromatic heterocycles. The highest BCUT2D eigenvalue weighted by Gasteiger charge is 2.19. The van der Waals surface area contributed by atoms with Crippen LogP contribution in [-0.4, -0.2) is 42.3 Å². The van der Waals surface area contributed by atoms with E-state index >= 15 is 0 Å². The number of ether oxygens (including phenoxy) is 2. The molecule has 0 aromatic carbocycles. The number of phosphoric acid groups is 1. The number of rotatable bonds is 46. The van der Waals surface area contributed by atoms with Gasteiger partial charge in [0.15, 0.2) is 0 Å². The molecule has 54 heavy (non-hydrogen) atoms. The van der Waals surface area contributed by atoms with Gasteiger partial charge in [-0.2, -0.15) is 0 Å². The van der Waals surface area contributed by atoms with Crippen molar-refractivity contribution in [3.05, 3.63) is 24.3 Å². The lowest BCUT2D eigenvalue weighted by Crippen LogP contribution is -2.26. The van der Waals surface area contributed by atoms with Gasteiger partial charge in [-0.1, -0.05) is 205 Å². The molecule has 1 atom stereocenters. The maximum Gasteiger partial charge on any atom is 0.469 e. The molecule has 7 heteroatoms. The molecule has 6 nitrogen and oxygen atoms in total. The van der Waals surface area contributed by atoms with E-state index in [0.29, 0.717) is 19.8 Å². The predicted molar refractivity (Wildman–Crippen MR) is 234 cm³/mol. The van der Waals surface area contributed by atoms with Crippen LogP contribution in [0.4, 0.5) is 0 Å². The van der Waals surface area contributed by atoms with Crippen LogP contribution < -0.4 is 0 Å². The molecule has 0 saturated carbocycles. The van der Waals surface area contributed by atoms with E-state index in [4.69, 9.17) is 23.8 Å². The van der Waals surface area contributed by atoms with E-state index in [0.717, 1.165) is 25.7 Å². The maximum atomic E-state index is 11.2. The summed E-state index contributed by atoms with van der Waals surface area (Å²) in [6.45, 7) is 5.95.